The van der Waals surface area contributed by atoms with Crippen LogP contribution in [-0.4, -0.2) is 25.3 Å². The van der Waals surface area contributed by atoms with Crippen molar-refractivity contribution in [2.24, 2.45) is 0 Å². The maximum atomic E-state index is 9.04. The first-order valence-corrected chi connectivity index (χ1v) is 6.63. The van der Waals surface area contributed by atoms with Crippen molar-refractivity contribution >= 4 is 23.2 Å². The van der Waals surface area contributed by atoms with E-state index in [2.05, 4.69) is 25.5 Å². The molecule has 0 saturated carbocycles. The van der Waals surface area contributed by atoms with Crippen molar-refractivity contribution in [1.29, 1.82) is 0 Å². The summed E-state index contributed by atoms with van der Waals surface area (Å²) in [6, 6.07) is 11.1. The molecule has 0 aliphatic rings. The molecule has 3 aromatic rings. The Morgan fingerprint density at radius 1 is 1.14 bits per heavy atom. The Bertz CT molecular complexity index is 741. The summed E-state index contributed by atoms with van der Waals surface area (Å²) in [5, 5.41) is 19.4. The van der Waals surface area contributed by atoms with Crippen LogP contribution in [0.4, 0.5) is 11.6 Å². The average Bonchev–Trinajstić information content (AvgIpc) is 2.96. The number of aromatic amines is 1. The van der Waals surface area contributed by atoms with E-state index in [1.165, 1.54) is 0 Å². The minimum absolute atomic E-state index is 0.0323. The Balaban J connectivity index is 1.79. The molecule has 0 atom stereocenters. The summed E-state index contributed by atoms with van der Waals surface area (Å²) >= 11 is 5.73. The minimum atomic E-state index is 0.0323. The number of halogens is 1. The van der Waals surface area contributed by atoms with Crippen molar-refractivity contribution in [3.63, 3.8) is 0 Å². The highest BCUT2D eigenvalue weighted by Crippen LogP contribution is 2.22. The monoisotopic (exact) mass is 301 g/mol. The first kappa shape index (κ1) is 13.5. The Kier molecular flexibility index (Phi) is 3.81. The van der Waals surface area contributed by atoms with Gasteiger partial charge in [0.2, 0.25) is 5.28 Å². The topological polar surface area (TPSA) is 86.7 Å². The highest BCUT2D eigenvalue weighted by Gasteiger charge is 2.05. The number of H-pyrrole nitrogens is 1. The van der Waals surface area contributed by atoms with E-state index < -0.39 is 0 Å². The number of aliphatic hydroxyl groups is 1. The summed E-state index contributed by atoms with van der Waals surface area (Å²) in [5.74, 6) is 1.20. The number of hydrogen-bond acceptors (Lipinski definition) is 5. The molecule has 3 rings (SSSR count). The predicted octanol–water partition coefficient (Wildman–Crippen LogP) is 2.76. The third-order valence-electron chi connectivity index (χ3n) is 2.91. The van der Waals surface area contributed by atoms with Crippen LogP contribution in [0.25, 0.3) is 11.3 Å². The SMILES string of the molecule is OCc1ccc(-c2cc(Nc3ccnc(Cl)n3)n[nH]2)cc1. The van der Waals surface area contributed by atoms with Gasteiger partial charge in [-0.3, -0.25) is 5.10 Å². The van der Waals surface area contributed by atoms with E-state index in [0.29, 0.717) is 11.6 Å². The summed E-state index contributed by atoms with van der Waals surface area (Å²) < 4.78 is 0. The van der Waals surface area contributed by atoms with E-state index in [-0.39, 0.29) is 11.9 Å². The van der Waals surface area contributed by atoms with Crippen LogP contribution in [0.2, 0.25) is 5.28 Å². The largest absolute Gasteiger partial charge is 0.392 e. The van der Waals surface area contributed by atoms with Crippen LogP contribution in [0.1, 0.15) is 5.56 Å². The maximum Gasteiger partial charge on any atom is 0.224 e. The zero-order valence-electron chi connectivity index (χ0n) is 10.9. The second-order valence-electron chi connectivity index (χ2n) is 4.36. The number of nitrogens with one attached hydrogen (secondary N) is 2. The molecular weight excluding hydrogens is 290 g/mol. The van der Waals surface area contributed by atoms with Gasteiger partial charge in [-0.2, -0.15) is 5.10 Å². The molecule has 0 fully saturated rings. The van der Waals surface area contributed by atoms with Crippen molar-refractivity contribution < 1.29 is 5.11 Å². The van der Waals surface area contributed by atoms with E-state index in [1.54, 1.807) is 12.3 Å². The molecule has 0 bridgehead atoms. The predicted molar refractivity (Wildman–Crippen MR) is 80.3 cm³/mol. The van der Waals surface area contributed by atoms with Crippen LogP contribution in [0.3, 0.4) is 0 Å². The fourth-order valence-corrected chi connectivity index (χ4v) is 2.01. The smallest absolute Gasteiger partial charge is 0.224 e. The summed E-state index contributed by atoms with van der Waals surface area (Å²) in [4.78, 5) is 7.85. The summed E-state index contributed by atoms with van der Waals surface area (Å²) in [6.07, 6.45) is 1.57. The Labute approximate surface area is 125 Å². The molecule has 0 spiro atoms. The number of hydrogen-bond donors (Lipinski definition) is 3. The molecule has 6 nitrogen and oxygen atoms in total. The third kappa shape index (κ3) is 3.18. The van der Waals surface area contributed by atoms with Crippen molar-refractivity contribution in [3.05, 3.63) is 53.4 Å². The zero-order valence-corrected chi connectivity index (χ0v) is 11.7. The lowest BCUT2D eigenvalue weighted by molar-refractivity contribution is 0.282. The molecule has 3 N–H and O–H groups in total. The second kappa shape index (κ2) is 5.90. The van der Waals surface area contributed by atoms with Gasteiger partial charge < -0.3 is 10.4 Å². The van der Waals surface area contributed by atoms with Gasteiger partial charge in [0, 0.05) is 12.3 Å². The van der Waals surface area contributed by atoms with Crippen LogP contribution in [0.5, 0.6) is 0 Å². The summed E-state index contributed by atoms with van der Waals surface area (Å²) in [5.41, 5.74) is 2.71. The molecule has 21 heavy (non-hydrogen) atoms. The van der Waals surface area contributed by atoms with Gasteiger partial charge in [0.05, 0.1) is 12.3 Å². The molecule has 0 radical (unpaired) electrons. The first-order chi connectivity index (χ1) is 10.2. The molecule has 2 aromatic heterocycles. The van der Waals surface area contributed by atoms with Crippen molar-refractivity contribution in [3.8, 4) is 11.3 Å². The lowest BCUT2D eigenvalue weighted by Crippen LogP contribution is -1.94. The lowest BCUT2D eigenvalue weighted by atomic mass is 10.1. The molecule has 0 amide bonds. The molecule has 0 unspecified atom stereocenters. The lowest BCUT2D eigenvalue weighted by Gasteiger charge is -2.00. The summed E-state index contributed by atoms with van der Waals surface area (Å²) in [6.45, 7) is 0.0323. The average molecular weight is 302 g/mol. The second-order valence-corrected chi connectivity index (χ2v) is 4.70. The minimum Gasteiger partial charge on any atom is -0.392 e. The molecule has 1 aromatic carbocycles. The van der Waals surface area contributed by atoms with E-state index in [9.17, 15) is 0 Å². The number of benzene rings is 1. The Morgan fingerprint density at radius 2 is 1.95 bits per heavy atom. The highest BCUT2D eigenvalue weighted by molar-refractivity contribution is 6.28. The number of aliphatic hydroxyl groups excluding tert-OH is 1. The van der Waals surface area contributed by atoms with Crippen molar-refractivity contribution in [1.82, 2.24) is 20.2 Å². The number of aromatic nitrogens is 4. The van der Waals surface area contributed by atoms with Gasteiger partial charge in [0.15, 0.2) is 5.82 Å². The van der Waals surface area contributed by atoms with Gasteiger partial charge in [0.25, 0.3) is 0 Å². The normalized spacial score (nSPS) is 10.6. The van der Waals surface area contributed by atoms with Crippen molar-refractivity contribution in [2.75, 3.05) is 5.32 Å². The van der Waals surface area contributed by atoms with Crippen LogP contribution in [0, 0.1) is 0 Å². The standard InChI is InChI=1S/C14H12ClN5O/c15-14-16-6-5-12(18-14)17-13-7-11(19-20-13)10-3-1-9(8-21)2-4-10/h1-7,21H,8H2,(H2,16,17,18,19,20). The number of rotatable bonds is 4. The van der Waals surface area contributed by atoms with Gasteiger partial charge in [-0.15, -0.1) is 0 Å². The fraction of sp³-hybridized carbons (Fsp3) is 0.0714. The Morgan fingerprint density at radius 3 is 2.67 bits per heavy atom. The molecule has 106 valence electrons. The van der Waals surface area contributed by atoms with E-state index in [1.807, 2.05) is 30.3 Å². The molecule has 7 heteroatoms. The molecule has 0 aliphatic heterocycles. The quantitative estimate of drug-likeness (QED) is 0.645. The van der Waals surface area contributed by atoms with Gasteiger partial charge in [0.1, 0.15) is 5.82 Å². The maximum absolute atomic E-state index is 9.04. The third-order valence-corrected chi connectivity index (χ3v) is 3.09. The van der Waals surface area contributed by atoms with Gasteiger partial charge in [-0.05, 0) is 28.8 Å². The van der Waals surface area contributed by atoms with Gasteiger partial charge in [-0.25, -0.2) is 9.97 Å². The van der Waals surface area contributed by atoms with Gasteiger partial charge in [-0.1, -0.05) is 24.3 Å². The molecule has 2 heterocycles. The van der Waals surface area contributed by atoms with E-state index in [4.69, 9.17) is 16.7 Å². The summed E-state index contributed by atoms with van der Waals surface area (Å²) in [7, 11) is 0. The molecular formula is C14H12ClN5O. The number of nitrogens with zero attached hydrogens (tertiary/aromatic N) is 3. The first-order valence-electron chi connectivity index (χ1n) is 6.26. The van der Waals surface area contributed by atoms with E-state index >= 15 is 0 Å². The van der Waals surface area contributed by atoms with Crippen LogP contribution >= 0.6 is 11.6 Å². The number of anilines is 2. The zero-order chi connectivity index (χ0) is 14.7. The highest BCUT2D eigenvalue weighted by atomic mass is 35.5. The van der Waals surface area contributed by atoms with Crippen LogP contribution in [-0.2, 0) is 6.61 Å². The molecule has 0 aliphatic carbocycles. The van der Waals surface area contributed by atoms with E-state index in [0.717, 1.165) is 16.8 Å². The van der Waals surface area contributed by atoms with Crippen molar-refractivity contribution in [2.45, 2.75) is 6.61 Å². The Hall–Kier alpha value is -2.44. The molecule has 0 saturated heterocycles. The van der Waals surface area contributed by atoms with Crippen LogP contribution in [0.15, 0.2) is 42.6 Å². The van der Waals surface area contributed by atoms with Gasteiger partial charge >= 0.3 is 0 Å². The fourth-order valence-electron chi connectivity index (χ4n) is 1.86. The van der Waals surface area contributed by atoms with Crippen LogP contribution < -0.4 is 5.32 Å².